The average molecular weight is 326 g/mol. The molecule has 2 aromatic heterocycles. The highest BCUT2D eigenvalue weighted by Crippen LogP contribution is 2.29. The molecule has 0 atom stereocenters. The van der Waals surface area contributed by atoms with Crippen LogP contribution in [-0.4, -0.2) is 20.6 Å². The van der Waals surface area contributed by atoms with Crippen LogP contribution in [-0.2, 0) is 0 Å². The van der Waals surface area contributed by atoms with Crippen molar-refractivity contribution in [3.63, 3.8) is 0 Å². The molecular formula is C19H26N4O. The molecule has 5 nitrogen and oxygen atoms in total. The number of hydrogen-bond acceptors (Lipinski definition) is 4. The van der Waals surface area contributed by atoms with E-state index in [0.29, 0.717) is 12.0 Å². The van der Waals surface area contributed by atoms with Crippen molar-refractivity contribution < 1.29 is 0 Å². The van der Waals surface area contributed by atoms with E-state index in [2.05, 4.69) is 10.3 Å². The minimum Gasteiger partial charge on any atom is -0.351 e. The van der Waals surface area contributed by atoms with E-state index in [0.717, 1.165) is 23.9 Å². The zero-order valence-electron chi connectivity index (χ0n) is 14.2. The number of nitrogens with zero attached hydrogens (tertiary/aromatic N) is 3. The quantitative estimate of drug-likeness (QED) is 0.924. The van der Waals surface area contributed by atoms with Crippen LogP contribution in [0.3, 0.4) is 0 Å². The zero-order chi connectivity index (χ0) is 16.4. The predicted molar refractivity (Wildman–Crippen MR) is 96.4 cm³/mol. The van der Waals surface area contributed by atoms with Gasteiger partial charge in [-0.15, -0.1) is 0 Å². The van der Waals surface area contributed by atoms with Crippen molar-refractivity contribution >= 4 is 17.0 Å². The second-order valence-electron chi connectivity index (χ2n) is 7.29. The summed E-state index contributed by atoms with van der Waals surface area (Å²) in [5.41, 5.74) is 0.861. The number of hydrogen-bond donors (Lipinski definition) is 1. The molecule has 128 valence electrons. The predicted octanol–water partition coefficient (Wildman–Crippen LogP) is 4.04. The Labute approximate surface area is 142 Å². The maximum absolute atomic E-state index is 12.5. The van der Waals surface area contributed by atoms with E-state index in [4.69, 9.17) is 4.98 Å². The number of fused-ring (bicyclic) bond motifs is 1. The van der Waals surface area contributed by atoms with Crippen LogP contribution in [0.1, 0.15) is 70.3 Å². The Morgan fingerprint density at radius 2 is 1.67 bits per heavy atom. The first kappa shape index (κ1) is 15.6. The van der Waals surface area contributed by atoms with Crippen LogP contribution >= 0.6 is 0 Å². The molecule has 2 aliphatic rings. The van der Waals surface area contributed by atoms with Gasteiger partial charge in [-0.2, -0.15) is 4.98 Å². The number of pyridine rings is 1. The average Bonchev–Trinajstić information content (AvgIpc) is 2.63. The summed E-state index contributed by atoms with van der Waals surface area (Å²) in [5.74, 6) is 0.671. The van der Waals surface area contributed by atoms with E-state index in [1.165, 1.54) is 51.4 Å². The molecule has 2 saturated carbocycles. The van der Waals surface area contributed by atoms with Crippen LogP contribution in [0.5, 0.6) is 0 Å². The fourth-order valence-electron chi connectivity index (χ4n) is 4.23. The van der Waals surface area contributed by atoms with Gasteiger partial charge in [0.1, 0.15) is 5.65 Å². The lowest BCUT2D eigenvalue weighted by Gasteiger charge is -2.25. The molecule has 0 spiro atoms. The Kier molecular flexibility index (Phi) is 4.50. The number of rotatable bonds is 3. The minimum atomic E-state index is 0.0664. The van der Waals surface area contributed by atoms with Crippen LogP contribution in [0, 0.1) is 0 Å². The van der Waals surface area contributed by atoms with Gasteiger partial charge in [-0.3, -0.25) is 9.36 Å². The van der Waals surface area contributed by atoms with Gasteiger partial charge >= 0.3 is 0 Å². The van der Waals surface area contributed by atoms with E-state index >= 15 is 0 Å². The summed E-state index contributed by atoms with van der Waals surface area (Å²) >= 11 is 0. The summed E-state index contributed by atoms with van der Waals surface area (Å²) in [4.78, 5) is 21.7. The van der Waals surface area contributed by atoms with Crippen molar-refractivity contribution in [3.8, 4) is 0 Å². The lowest BCUT2D eigenvalue weighted by Crippen LogP contribution is -2.27. The molecule has 2 heterocycles. The summed E-state index contributed by atoms with van der Waals surface area (Å²) < 4.78 is 1.92. The summed E-state index contributed by atoms with van der Waals surface area (Å²) in [6, 6.07) is 4.26. The molecule has 2 aliphatic carbocycles. The van der Waals surface area contributed by atoms with Crippen molar-refractivity contribution in [1.82, 2.24) is 14.5 Å². The molecule has 0 radical (unpaired) electrons. The van der Waals surface area contributed by atoms with E-state index < -0.39 is 0 Å². The molecule has 5 heteroatoms. The van der Waals surface area contributed by atoms with Gasteiger partial charge in [0.15, 0.2) is 0 Å². The van der Waals surface area contributed by atoms with Crippen molar-refractivity contribution in [2.45, 2.75) is 76.3 Å². The minimum absolute atomic E-state index is 0.0664. The highest BCUT2D eigenvalue weighted by molar-refractivity contribution is 5.75. The maximum Gasteiger partial charge on any atom is 0.252 e. The first-order valence-corrected chi connectivity index (χ1v) is 9.46. The first-order chi connectivity index (χ1) is 11.8. The van der Waals surface area contributed by atoms with Crippen molar-refractivity contribution in [1.29, 1.82) is 0 Å². The molecular weight excluding hydrogens is 300 g/mol. The normalized spacial score (nSPS) is 20.3. The van der Waals surface area contributed by atoms with Crippen molar-refractivity contribution in [2.24, 2.45) is 0 Å². The van der Waals surface area contributed by atoms with E-state index in [9.17, 15) is 4.79 Å². The molecule has 0 bridgehead atoms. The van der Waals surface area contributed by atoms with Gasteiger partial charge in [0.25, 0.3) is 5.56 Å². The maximum atomic E-state index is 12.5. The van der Waals surface area contributed by atoms with Crippen LogP contribution < -0.4 is 10.9 Å². The Balaban J connectivity index is 1.69. The van der Waals surface area contributed by atoms with Crippen LogP contribution in [0.2, 0.25) is 0 Å². The summed E-state index contributed by atoms with van der Waals surface area (Å²) in [5, 5.41) is 4.44. The number of anilines is 1. The summed E-state index contributed by atoms with van der Waals surface area (Å²) in [6.45, 7) is 0. The van der Waals surface area contributed by atoms with Gasteiger partial charge in [-0.1, -0.05) is 38.5 Å². The smallest absolute Gasteiger partial charge is 0.252 e. The molecule has 4 rings (SSSR count). The molecule has 0 saturated heterocycles. The van der Waals surface area contributed by atoms with Crippen molar-refractivity contribution in [3.05, 3.63) is 28.7 Å². The number of aromatic nitrogens is 3. The van der Waals surface area contributed by atoms with E-state index in [1.54, 1.807) is 6.07 Å². The molecule has 0 unspecified atom stereocenters. The lowest BCUT2D eigenvalue weighted by molar-refractivity contribution is 0.353. The van der Waals surface area contributed by atoms with Crippen LogP contribution in [0.15, 0.2) is 23.1 Å². The monoisotopic (exact) mass is 326 g/mol. The van der Waals surface area contributed by atoms with Gasteiger partial charge in [-0.25, -0.2) is 4.98 Å². The summed E-state index contributed by atoms with van der Waals surface area (Å²) in [7, 11) is 0. The molecule has 2 aromatic rings. The van der Waals surface area contributed by atoms with Gasteiger partial charge in [0.2, 0.25) is 5.95 Å². The molecule has 0 amide bonds. The molecule has 0 aliphatic heterocycles. The molecule has 24 heavy (non-hydrogen) atoms. The van der Waals surface area contributed by atoms with Gasteiger partial charge < -0.3 is 5.32 Å². The standard InChI is InChI=1S/C19H26N4O/c24-17-12-11-14-13-20-19(21-15-7-3-1-4-8-15)22-18(14)23(17)16-9-5-2-6-10-16/h11-13,15-16H,1-10H2,(H,20,21,22). The summed E-state index contributed by atoms with van der Waals surface area (Å²) in [6.07, 6.45) is 13.9. The highest BCUT2D eigenvalue weighted by Gasteiger charge is 2.20. The fraction of sp³-hybridized carbons (Fsp3) is 0.632. The Morgan fingerprint density at radius 1 is 0.958 bits per heavy atom. The first-order valence-electron chi connectivity index (χ1n) is 9.46. The Hall–Kier alpha value is -1.91. The SMILES string of the molecule is O=c1ccc2cnc(NC3CCCCC3)nc2n1C1CCCCC1. The third kappa shape index (κ3) is 3.17. The van der Waals surface area contributed by atoms with Gasteiger partial charge in [0.05, 0.1) is 0 Å². The zero-order valence-corrected chi connectivity index (χ0v) is 14.2. The second kappa shape index (κ2) is 6.91. The topological polar surface area (TPSA) is 59.8 Å². The molecule has 0 aromatic carbocycles. The third-order valence-corrected chi connectivity index (χ3v) is 5.55. The highest BCUT2D eigenvalue weighted by atomic mass is 16.1. The number of nitrogens with one attached hydrogen (secondary N) is 1. The van der Waals surface area contributed by atoms with Gasteiger partial charge in [0, 0.05) is 29.7 Å². The van der Waals surface area contributed by atoms with E-state index in [1.807, 2.05) is 16.8 Å². The lowest BCUT2D eigenvalue weighted by atomic mass is 9.95. The Morgan fingerprint density at radius 3 is 2.42 bits per heavy atom. The molecule has 2 fully saturated rings. The Bertz CT molecular complexity index is 758. The fourth-order valence-corrected chi connectivity index (χ4v) is 4.23. The van der Waals surface area contributed by atoms with Gasteiger partial charge in [-0.05, 0) is 31.7 Å². The van der Waals surface area contributed by atoms with E-state index in [-0.39, 0.29) is 11.6 Å². The molecule has 1 N–H and O–H groups in total. The van der Waals surface area contributed by atoms with Crippen molar-refractivity contribution in [2.75, 3.05) is 5.32 Å². The second-order valence-corrected chi connectivity index (χ2v) is 7.29. The largest absolute Gasteiger partial charge is 0.351 e. The third-order valence-electron chi connectivity index (χ3n) is 5.55. The van der Waals surface area contributed by atoms with Crippen LogP contribution in [0.4, 0.5) is 5.95 Å². The van der Waals surface area contributed by atoms with Crippen LogP contribution in [0.25, 0.3) is 11.0 Å².